The third kappa shape index (κ3) is 6.90. The van der Waals surface area contributed by atoms with Crippen molar-refractivity contribution in [3.05, 3.63) is 35.9 Å². The fraction of sp³-hybridized carbons (Fsp3) is 0.667. The summed E-state index contributed by atoms with van der Waals surface area (Å²) in [5, 5.41) is 0.204. The van der Waals surface area contributed by atoms with Crippen LogP contribution in [0.2, 0.25) is 18.1 Å². The van der Waals surface area contributed by atoms with E-state index in [0.29, 0.717) is 12.2 Å². The topological polar surface area (TPSA) is 26.3 Å². The summed E-state index contributed by atoms with van der Waals surface area (Å²) in [4.78, 5) is 11.9. The van der Waals surface area contributed by atoms with Gasteiger partial charge in [-0.2, -0.15) is 0 Å². The molecule has 0 heterocycles. The molecule has 1 rings (SSSR count). The fourth-order valence-corrected chi connectivity index (χ4v) is 3.85. The molecule has 1 aromatic rings. The Labute approximate surface area is 150 Å². The van der Waals surface area contributed by atoms with Crippen molar-refractivity contribution >= 4 is 14.1 Å². The first kappa shape index (κ1) is 21.1. The smallest absolute Gasteiger partial charge is 0.192 e. The van der Waals surface area contributed by atoms with E-state index >= 15 is 0 Å². The van der Waals surface area contributed by atoms with Gasteiger partial charge in [0.2, 0.25) is 0 Å². The Hall–Kier alpha value is -0.933. The van der Waals surface area contributed by atoms with Crippen LogP contribution in [0.3, 0.4) is 0 Å². The number of Topliss-reactive ketones (excluding diaryl/α,β-unsaturated/α-hetero) is 1. The quantitative estimate of drug-likeness (QED) is 0.510. The van der Waals surface area contributed by atoms with Crippen molar-refractivity contribution in [1.82, 2.24) is 0 Å². The van der Waals surface area contributed by atoms with Crippen LogP contribution in [0.4, 0.5) is 0 Å². The van der Waals surface area contributed by atoms with Gasteiger partial charge in [0.25, 0.3) is 0 Å². The summed E-state index contributed by atoms with van der Waals surface area (Å²) in [6.07, 6.45) is 3.68. The minimum absolute atomic E-state index is 0.138. The Bertz CT molecular complexity index is 500. The molecule has 0 aliphatic rings. The van der Waals surface area contributed by atoms with Crippen LogP contribution in [0, 0.1) is 5.92 Å². The Morgan fingerprint density at radius 3 is 2.21 bits per heavy atom. The predicted octanol–water partition coefficient (Wildman–Crippen LogP) is 6.01. The second kappa shape index (κ2) is 8.96. The summed E-state index contributed by atoms with van der Waals surface area (Å²) in [5.74, 6) is 0.500. The van der Waals surface area contributed by atoms with Gasteiger partial charge in [-0.15, -0.1) is 0 Å². The van der Waals surface area contributed by atoms with Crippen molar-refractivity contribution in [3.8, 4) is 0 Å². The maximum atomic E-state index is 11.9. The molecule has 0 radical (unpaired) electrons. The van der Waals surface area contributed by atoms with E-state index in [4.69, 9.17) is 4.43 Å². The number of rotatable bonds is 9. The van der Waals surface area contributed by atoms with E-state index < -0.39 is 8.32 Å². The lowest BCUT2D eigenvalue weighted by atomic mass is 9.99. The molecule has 0 spiro atoms. The molecule has 136 valence electrons. The van der Waals surface area contributed by atoms with Crippen LogP contribution < -0.4 is 0 Å². The summed E-state index contributed by atoms with van der Waals surface area (Å²) in [5.41, 5.74) is 1.32. The van der Waals surface area contributed by atoms with Gasteiger partial charge in [-0.25, -0.2) is 0 Å². The molecule has 0 aliphatic carbocycles. The van der Waals surface area contributed by atoms with Crippen molar-refractivity contribution in [2.24, 2.45) is 5.92 Å². The van der Waals surface area contributed by atoms with E-state index in [1.165, 1.54) is 5.56 Å². The Morgan fingerprint density at radius 2 is 1.71 bits per heavy atom. The lowest BCUT2D eigenvalue weighted by Crippen LogP contribution is -2.44. The van der Waals surface area contributed by atoms with Gasteiger partial charge in [0.05, 0.1) is 0 Å². The SMILES string of the molecule is CC(C)C(=O)CCCC(Cc1ccccc1)O[Si](C)(C)C(C)(C)C. The maximum Gasteiger partial charge on any atom is 0.192 e. The first-order chi connectivity index (χ1) is 11.0. The minimum atomic E-state index is -1.81. The van der Waals surface area contributed by atoms with E-state index in [1.54, 1.807) is 0 Å². The highest BCUT2D eigenvalue weighted by molar-refractivity contribution is 6.74. The number of carbonyl (C=O) groups excluding carboxylic acids is 1. The van der Waals surface area contributed by atoms with Crippen LogP contribution in [-0.2, 0) is 15.6 Å². The van der Waals surface area contributed by atoms with Gasteiger partial charge in [-0.1, -0.05) is 65.0 Å². The van der Waals surface area contributed by atoms with Gasteiger partial charge in [0, 0.05) is 18.4 Å². The third-order valence-corrected chi connectivity index (χ3v) is 9.70. The normalized spacial score (nSPS) is 14.0. The molecule has 0 N–H and O–H groups in total. The van der Waals surface area contributed by atoms with E-state index in [2.05, 4.69) is 64.2 Å². The van der Waals surface area contributed by atoms with Gasteiger partial charge >= 0.3 is 0 Å². The van der Waals surface area contributed by atoms with Gasteiger partial charge in [0.1, 0.15) is 5.78 Å². The molecule has 24 heavy (non-hydrogen) atoms. The van der Waals surface area contributed by atoms with E-state index in [0.717, 1.165) is 19.3 Å². The lowest BCUT2D eigenvalue weighted by Gasteiger charge is -2.39. The van der Waals surface area contributed by atoms with Gasteiger partial charge in [-0.3, -0.25) is 4.79 Å². The molecule has 1 aromatic carbocycles. The van der Waals surface area contributed by atoms with Crippen molar-refractivity contribution in [1.29, 1.82) is 0 Å². The van der Waals surface area contributed by atoms with Crippen LogP contribution >= 0.6 is 0 Å². The van der Waals surface area contributed by atoms with Gasteiger partial charge in [0.15, 0.2) is 8.32 Å². The third-order valence-electron chi connectivity index (χ3n) is 5.17. The highest BCUT2D eigenvalue weighted by atomic mass is 28.4. The van der Waals surface area contributed by atoms with Crippen molar-refractivity contribution < 1.29 is 9.22 Å². The summed E-state index contributed by atoms with van der Waals surface area (Å²) >= 11 is 0. The molecular formula is C21H36O2Si. The van der Waals surface area contributed by atoms with Crippen molar-refractivity contribution in [3.63, 3.8) is 0 Å². The van der Waals surface area contributed by atoms with Crippen LogP contribution in [0.25, 0.3) is 0 Å². The molecule has 0 aromatic heterocycles. The molecule has 3 heteroatoms. The number of hydrogen-bond acceptors (Lipinski definition) is 2. The molecule has 1 unspecified atom stereocenters. The first-order valence-electron chi connectivity index (χ1n) is 9.27. The van der Waals surface area contributed by atoms with Crippen LogP contribution in [0.1, 0.15) is 59.4 Å². The zero-order valence-electron chi connectivity index (χ0n) is 16.7. The molecule has 1 atom stereocenters. The molecule has 0 saturated carbocycles. The van der Waals surface area contributed by atoms with Crippen LogP contribution in [0.15, 0.2) is 30.3 Å². The van der Waals surface area contributed by atoms with Crippen molar-refractivity contribution in [2.45, 2.75) is 84.5 Å². The molecule has 2 nitrogen and oxygen atoms in total. The first-order valence-corrected chi connectivity index (χ1v) is 12.2. The Morgan fingerprint density at radius 1 is 1.12 bits per heavy atom. The summed E-state index contributed by atoms with van der Waals surface area (Å²) < 4.78 is 6.68. The second-order valence-electron chi connectivity index (χ2n) is 8.70. The van der Waals surface area contributed by atoms with Crippen LogP contribution in [-0.4, -0.2) is 20.2 Å². The van der Waals surface area contributed by atoms with Gasteiger partial charge in [-0.05, 0) is 43.0 Å². The summed E-state index contributed by atoms with van der Waals surface area (Å²) in [7, 11) is -1.81. The van der Waals surface area contributed by atoms with Crippen LogP contribution in [0.5, 0.6) is 0 Å². The summed E-state index contributed by atoms with van der Waals surface area (Å²) in [6.45, 7) is 15.4. The molecule has 0 bridgehead atoms. The summed E-state index contributed by atoms with van der Waals surface area (Å²) in [6, 6.07) is 10.6. The van der Waals surface area contributed by atoms with Gasteiger partial charge < -0.3 is 4.43 Å². The average Bonchev–Trinajstić information content (AvgIpc) is 2.46. The number of ketones is 1. The molecule has 0 amide bonds. The maximum absolute atomic E-state index is 11.9. The monoisotopic (exact) mass is 348 g/mol. The number of hydrogen-bond donors (Lipinski definition) is 0. The number of benzene rings is 1. The average molecular weight is 349 g/mol. The van der Waals surface area contributed by atoms with Crippen molar-refractivity contribution in [2.75, 3.05) is 0 Å². The van der Waals surface area contributed by atoms with E-state index in [9.17, 15) is 4.79 Å². The lowest BCUT2D eigenvalue weighted by molar-refractivity contribution is -0.122. The van der Waals surface area contributed by atoms with E-state index in [1.807, 2.05) is 13.8 Å². The Kier molecular flexibility index (Phi) is 7.88. The zero-order valence-corrected chi connectivity index (χ0v) is 17.7. The fourth-order valence-electron chi connectivity index (χ4n) is 2.47. The standard InChI is InChI=1S/C21H36O2Si/c1-17(2)20(22)15-11-14-19(16-18-12-9-8-10-13-18)23-24(6,7)21(3,4)5/h8-10,12-13,17,19H,11,14-16H2,1-7H3. The minimum Gasteiger partial charge on any atom is -0.414 e. The second-order valence-corrected chi connectivity index (χ2v) is 13.5. The zero-order chi connectivity index (χ0) is 18.4. The van der Waals surface area contributed by atoms with E-state index in [-0.39, 0.29) is 17.1 Å². The highest BCUT2D eigenvalue weighted by Gasteiger charge is 2.39. The molecule has 0 fully saturated rings. The molecule has 0 aliphatic heterocycles. The molecular weight excluding hydrogens is 312 g/mol. The Balaban J connectivity index is 2.74. The molecule has 0 saturated heterocycles. The largest absolute Gasteiger partial charge is 0.414 e. The predicted molar refractivity (Wildman–Crippen MR) is 106 cm³/mol. The highest BCUT2D eigenvalue weighted by Crippen LogP contribution is 2.38. The number of carbonyl (C=O) groups is 1.